The third kappa shape index (κ3) is 4.66. The molecule has 1 aliphatic rings. The fraction of sp³-hybridized carbons (Fsp3) is 0.259. The molecule has 1 unspecified atom stereocenters. The smallest absolute Gasteiger partial charge is 0.161 e. The van der Waals surface area contributed by atoms with Gasteiger partial charge in [-0.25, -0.2) is 0 Å². The maximum absolute atomic E-state index is 10.6. The molecule has 4 rings (SSSR count). The quantitative estimate of drug-likeness (QED) is 0.503. The van der Waals surface area contributed by atoms with Crippen LogP contribution in [-0.4, -0.2) is 31.0 Å². The van der Waals surface area contributed by atoms with Crippen LogP contribution < -0.4 is 14.8 Å². The molecule has 2 N–H and O–H groups in total. The van der Waals surface area contributed by atoms with Crippen molar-refractivity contribution in [1.29, 1.82) is 0 Å². The normalized spacial score (nSPS) is 13.8. The molecule has 4 heteroatoms. The van der Waals surface area contributed by atoms with E-state index in [1.807, 2.05) is 44.2 Å². The van der Waals surface area contributed by atoms with Gasteiger partial charge in [0.05, 0.1) is 12.6 Å². The van der Waals surface area contributed by atoms with Gasteiger partial charge in [-0.1, -0.05) is 66.7 Å². The van der Waals surface area contributed by atoms with Crippen LogP contribution in [0, 0.1) is 0 Å². The number of aliphatic hydroxyl groups excluding tert-OH is 1. The first-order valence-electron chi connectivity index (χ1n) is 10.8. The van der Waals surface area contributed by atoms with Crippen LogP contribution in [-0.2, 0) is 0 Å². The van der Waals surface area contributed by atoms with Gasteiger partial charge in [0.2, 0.25) is 0 Å². The van der Waals surface area contributed by atoms with Crippen molar-refractivity contribution in [3.05, 3.63) is 89.5 Å². The average molecular weight is 416 g/mol. The second kappa shape index (κ2) is 9.82. The van der Waals surface area contributed by atoms with Crippen molar-refractivity contribution < 1.29 is 14.6 Å². The van der Waals surface area contributed by atoms with Crippen molar-refractivity contribution >= 4 is 6.08 Å². The molecule has 0 saturated heterocycles. The third-order valence-corrected chi connectivity index (χ3v) is 5.45. The van der Waals surface area contributed by atoms with Gasteiger partial charge in [0.1, 0.15) is 12.7 Å². The van der Waals surface area contributed by atoms with E-state index in [4.69, 9.17) is 9.47 Å². The lowest BCUT2D eigenvalue weighted by molar-refractivity contribution is 0.102. The van der Waals surface area contributed by atoms with E-state index in [1.165, 1.54) is 22.3 Å². The molecule has 3 aromatic carbocycles. The van der Waals surface area contributed by atoms with Crippen LogP contribution in [0.25, 0.3) is 17.2 Å². The van der Waals surface area contributed by atoms with E-state index in [1.54, 1.807) is 0 Å². The zero-order chi connectivity index (χ0) is 21.6. The zero-order valence-electron chi connectivity index (χ0n) is 18.0. The lowest BCUT2D eigenvalue weighted by atomic mass is 10.1. The summed E-state index contributed by atoms with van der Waals surface area (Å²) in [6, 6.07) is 22.8. The van der Waals surface area contributed by atoms with Gasteiger partial charge in [0.15, 0.2) is 11.5 Å². The summed E-state index contributed by atoms with van der Waals surface area (Å²) in [4.78, 5) is 0. The Balaban J connectivity index is 1.41. The molecule has 0 radical (unpaired) electrons. The van der Waals surface area contributed by atoms with Crippen LogP contribution in [0.1, 0.15) is 36.6 Å². The minimum atomic E-state index is -0.653. The molecule has 4 nitrogen and oxygen atoms in total. The number of rotatable bonds is 9. The first kappa shape index (κ1) is 21.2. The number of aliphatic hydroxyl groups is 1. The van der Waals surface area contributed by atoms with Crippen LogP contribution in [0.2, 0.25) is 0 Å². The van der Waals surface area contributed by atoms with E-state index in [0.29, 0.717) is 24.7 Å². The molecule has 0 amide bonds. The lowest BCUT2D eigenvalue weighted by Gasteiger charge is -2.20. The maximum Gasteiger partial charge on any atom is 0.161 e. The van der Waals surface area contributed by atoms with Crippen molar-refractivity contribution in [2.45, 2.75) is 26.0 Å². The Kier molecular flexibility index (Phi) is 6.70. The number of fused-ring (bicyclic) bond motifs is 3. The largest absolute Gasteiger partial charge is 0.490 e. The highest BCUT2D eigenvalue weighted by Gasteiger charge is 2.28. The summed E-state index contributed by atoms with van der Waals surface area (Å²) in [6.07, 6.45) is 3.34. The van der Waals surface area contributed by atoms with Crippen molar-refractivity contribution in [3.63, 3.8) is 0 Å². The minimum absolute atomic E-state index is 0.0686. The second-order valence-corrected chi connectivity index (χ2v) is 7.62. The topological polar surface area (TPSA) is 50.7 Å². The van der Waals surface area contributed by atoms with Gasteiger partial charge in [0, 0.05) is 6.54 Å². The Hall–Kier alpha value is -3.08. The van der Waals surface area contributed by atoms with Crippen molar-refractivity contribution in [2.75, 3.05) is 19.8 Å². The molecule has 0 bridgehead atoms. The standard InChI is InChI=1S/C27H29NO3/c1-3-9-19-14-15-25(30-4-2)26(16-19)31-18-20(29)17-28-27-23-12-7-5-10-21(23)22-11-6-8-13-24(22)27/h3,5-16,20,27-29H,4,17-18H2,1-2H3. The van der Waals surface area contributed by atoms with E-state index in [2.05, 4.69) is 53.8 Å². The zero-order valence-corrected chi connectivity index (χ0v) is 18.0. The summed E-state index contributed by atoms with van der Waals surface area (Å²) in [5.74, 6) is 1.34. The third-order valence-electron chi connectivity index (χ3n) is 5.45. The summed E-state index contributed by atoms with van der Waals surface area (Å²) in [7, 11) is 0. The lowest BCUT2D eigenvalue weighted by Crippen LogP contribution is -2.33. The Morgan fingerprint density at radius 3 is 2.26 bits per heavy atom. The van der Waals surface area contributed by atoms with Gasteiger partial charge in [0.25, 0.3) is 0 Å². The first-order valence-corrected chi connectivity index (χ1v) is 10.8. The van der Waals surface area contributed by atoms with Crippen LogP contribution in [0.4, 0.5) is 0 Å². The van der Waals surface area contributed by atoms with E-state index in [0.717, 1.165) is 5.56 Å². The highest BCUT2D eigenvalue weighted by Crippen LogP contribution is 2.42. The van der Waals surface area contributed by atoms with Gasteiger partial charge >= 0.3 is 0 Å². The van der Waals surface area contributed by atoms with Gasteiger partial charge in [-0.05, 0) is 53.8 Å². The van der Waals surface area contributed by atoms with Crippen LogP contribution in [0.5, 0.6) is 11.5 Å². The van der Waals surface area contributed by atoms with Gasteiger partial charge in [-0.3, -0.25) is 0 Å². The minimum Gasteiger partial charge on any atom is -0.490 e. The highest BCUT2D eigenvalue weighted by atomic mass is 16.5. The predicted molar refractivity (Wildman–Crippen MR) is 126 cm³/mol. The fourth-order valence-corrected chi connectivity index (χ4v) is 4.08. The Morgan fingerprint density at radius 2 is 1.61 bits per heavy atom. The van der Waals surface area contributed by atoms with Crippen LogP contribution in [0.3, 0.4) is 0 Å². The summed E-state index contributed by atoms with van der Waals surface area (Å²) < 4.78 is 11.6. The molecule has 31 heavy (non-hydrogen) atoms. The van der Waals surface area contributed by atoms with Crippen LogP contribution in [0.15, 0.2) is 72.8 Å². The van der Waals surface area contributed by atoms with Crippen molar-refractivity contribution in [1.82, 2.24) is 5.32 Å². The monoisotopic (exact) mass is 415 g/mol. The Bertz CT molecular complexity index is 1010. The molecule has 160 valence electrons. The molecule has 1 aliphatic carbocycles. The molecule has 0 heterocycles. The number of nitrogens with one attached hydrogen (secondary N) is 1. The molecule has 1 atom stereocenters. The summed E-state index contributed by atoms with van der Waals surface area (Å²) in [6.45, 7) is 5.09. The number of allylic oxidation sites excluding steroid dienone is 1. The molecular weight excluding hydrogens is 386 g/mol. The molecule has 0 aromatic heterocycles. The van der Waals surface area contributed by atoms with Gasteiger partial charge in [-0.2, -0.15) is 0 Å². The van der Waals surface area contributed by atoms with Gasteiger partial charge < -0.3 is 19.9 Å². The molecule has 0 fully saturated rings. The van der Waals surface area contributed by atoms with Gasteiger partial charge in [-0.15, -0.1) is 0 Å². The highest BCUT2D eigenvalue weighted by molar-refractivity contribution is 5.78. The molecule has 0 aliphatic heterocycles. The summed E-state index contributed by atoms with van der Waals surface area (Å²) >= 11 is 0. The Labute approximate surface area is 184 Å². The van der Waals surface area contributed by atoms with E-state index in [9.17, 15) is 5.11 Å². The van der Waals surface area contributed by atoms with E-state index in [-0.39, 0.29) is 12.6 Å². The summed E-state index contributed by atoms with van der Waals surface area (Å²) in [5, 5.41) is 14.1. The number of hydrogen-bond donors (Lipinski definition) is 2. The Morgan fingerprint density at radius 1 is 0.935 bits per heavy atom. The van der Waals surface area contributed by atoms with E-state index < -0.39 is 6.10 Å². The second-order valence-electron chi connectivity index (χ2n) is 7.62. The number of ether oxygens (including phenoxy) is 2. The van der Waals surface area contributed by atoms with Crippen molar-refractivity contribution in [2.24, 2.45) is 0 Å². The number of hydrogen-bond acceptors (Lipinski definition) is 4. The van der Waals surface area contributed by atoms with E-state index >= 15 is 0 Å². The summed E-state index contributed by atoms with van der Waals surface area (Å²) in [5.41, 5.74) is 6.03. The first-order chi connectivity index (χ1) is 15.2. The molecule has 0 spiro atoms. The molecule has 3 aromatic rings. The SMILES string of the molecule is CC=Cc1ccc(OCC)c(OCC(O)CNC2c3ccccc3-c3ccccc32)c1. The molecule has 0 saturated carbocycles. The fourth-order valence-electron chi connectivity index (χ4n) is 4.08. The maximum atomic E-state index is 10.6. The predicted octanol–water partition coefficient (Wildman–Crippen LogP) is 5.22. The average Bonchev–Trinajstić information content (AvgIpc) is 3.12. The van der Waals surface area contributed by atoms with Crippen LogP contribution >= 0.6 is 0 Å². The number of benzene rings is 3. The van der Waals surface area contributed by atoms with Crippen molar-refractivity contribution in [3.8, 4) is 22.6 Å². The molecular formula is C27H29NO3.